The smallest absolute Gasteiger partial charge is 0.435 e. The molecule has 0 radical (unpaired) electrons. The van der Waals surface area contributed by atoms with Crippen molar-refractivity contribution in [3.8, 4) is 11.6 Å². The molecule has 1 aromatic heterocycles. The molecule has 8 heteroatoms. The van der Waals surface area contributed by atoms with Crippen LogP contribution >= 0.6 is 0 Å². The van der Waals surface area contributed by atoms with E-state index in [1.54, 1.807) is 51.1 Å². The normalized spacial score (nSPS) is 12.1. The van der Waals surface area contributed by atoms with E-state index >= 15 is 0 Å². The van der Waals surface area contributed by atoms with Crippen molar-refractivity contribution < 1.29 is 22.7 Å². The van der Waals surface area contributed by atoms with Gasteiger partial charge in [0.2, 0.25) is 11.8 Å². The monoisotopic (exact) mass is 355 g/mol. The van der Waals surface area contributed by atoms with Crippen molar-refractivity contribution in [1.29, 1.82) is 0 Å². The van der Waals surface area contributed by atoms with Crippen molar-refractivity contribution in [2.45, 2.75) is 33.5 Å². The third-order valence-electron chi connectivity index (χ3n) is 3.42. The molecule has 0 fully saturated rings. The minimum absolute atomic E-state index is 0.0623. The molecule has 0 saturated heterocycles. The highest BCUT2D eigenvalue weighted by Crippen LogP contribution is 2.37. The summed E-state index contributed by atoms with van der Waals surface area (Å²) in [4.78, 5) is 12.0. The molecule has 1 heterocycles. The standard InChI is InChI=1S/C17H20F3N3O2/c1-16(2,3)15(24)21-10-12-13(17(18,19)20)22-23(4)14(12)25-11-8-6-5-7-9-11/h5-9H,10H2,1-4H3,(H,21,24). The SMILES string of the molecule is Cn1nc(C(F)(F)F)c(CNC(=O)C(C)(C)C)c1Oc1ccccc1. The lowest BCUT2D eigenvalue weighted by atomic mass is 9.95. The van der Waals surface area contributed by atoms with E-state index in [1.807, 2.05) is 0 Å². The Morgan fingerprint density at radius 2 is 1.80 bits per heavy atom. The van der Waals surface area contributed by atoms with Crippen molar-refractivity contribution in [1.82, 2.24) is 15.1 Å². The number of para-hydroxylation sites is 1. The molecule has 25 heavy (non-hydrogen) atoms. The van der Waals surface area contributed by atoms with E-state index in [4.69, 9.17) is 4.74 Å². The average molecular weight is 355 g/mol. The van der Waals surface area contributed by atoms with Crippen LogP contribution in [0.2, 0.25) is 0 Å². The van der Waals surface area contributed by atoms with Crippen LogP contribution in [-0.4, -0.2) is 15.7 Å². The fraction of sp³-hybridized carbons (Fsp3) is 0.412. The van der Waals surface area contributed by atoms with Crippen molar-refractivity contribution in [3.63, 3.8) is 0 Å². The number of benzene rings is 1. The predicted octanol–water partition coefficient (Wildman–Crippen LogP) is 3.89. The number of nitrogens with zero attached hydrogens (tertiary/aromatic N) is 2. The van der Waals surface area contributed by atoms with Gasteiger partial charge in [0, 0.05) is 12.5 Å². The summed E-state index contributed by atoms with van der Waals surface area (Å²) >= 11 is 0. The number of hydrogen-bond donors (Lipinski definition) is 1. The second kappa shape index (κ2) is 6.78. The maximum Gasteiger partial charge on any atom is 0.435 e. The Morgan fingerprint density at radius 1 is 1.20 bits per heavy atom. The average Bonchev–Trinajstić information content (AvgIpc) is 2.81. The molecule has 0 saturated carbocycles. The largest absolute Gasteiger partial charge is 0.439 e. The number of aromatic nitrogens is 2. The molecule has 136 valence electrons. The first-order valence-electron chi connectivity index (χ1n) is 7.64. The zero-order valence-electron chi connectivity index (χ0n) is 14.4. The van der Waals surface area contributed by atoms with E-state index in [1.165, 1.54) is 7.05 Å². The van der Waals surface area contributed by atoms with Crippen LogP contribution in [-0.2, 0) is 24.6 Å². The van der Waals surface area contributed by atoms with Crippen LogP contribution in [0, 0.1) is 5.41 Å². The summed E-state index contributed by atoms with van der Waals surface area (Å²) in [6, 6.07) is 8.42. The molecule has 1 N–H and O–H groups in total. The van der Waals surface area contributed by atoms with Gasteiger partial charge in [-0.1, -0.05) is 39.0 Å². The fourth-order valence-electron chi connectivity index (χ4n) is 2.10. The number of aryl methyl sites for hydroxylation is 1. The van der Waals surface area contributed by atoms with E-state index in [2.05, 4.69) is 10.4 Å². The van der Waals surface area contributed by atoms with Crippen LogP contribution in [0.1, 0.15) is 32.0 Å². The second-order valence-electron chi connectivity index (χ2n) is 6.60. The number of amides is 1. The Hall–Kier alpha value is -2.51. The number of carbonyl (C=O) groups excluding carboxylic acids is 1. The first kappa shape index (κ1) is 18.8. The molecule has 5 nitrogen and oxygen atoms in total. The first-order chi connectivity index (χ1) is 11.5. The summed E-state index contributed by atoms with van der Waals surface area (Å²) in [7, 11) is 1.36. The van der Waals surface area contributed by atoms with Gasteiger partial charge >= 0.3 is 6.18 Å². The van der Waals surface area contributed by atoms with Gasteiger partial charge in [-0.15, -0.1) is 0 Å². The summed E-state index contributed by atoms with van der Waals surface area (Å²) in [6.45, 7) is 4.70. The molecule has 0 unspecified atom stereocenters. The third-order valence-corrected chi connectivity index (χ3v) is 3.42. The summed E-state index contributed by atoms with van der Waals surface area (Å²) < 4.78 is 46.5. The van der Waals surface area contributed by atoms with Crippen LogP contribution in [0.4, 0.5) is 13.2 Å². The Kier molecular flexibility index (Phi) is 5.10. The van der Waals surface area contributed by atoms with E-state index in [0.717, 1.165) is 4.68 Å². The minimum atomic E-state index is -4.65. The maximum absolute atomic E-state index is 13.3. The molecule has 2 rings (SSSR count). The van der Waals surface area contributed by atoms with E-state index < -0.39 is 17.3 Å². The lowest BCUT2D eigenvalue weighted by Crippen LogP contribution is -2.34. The lowest BCUT2D eigenvalue weighted by Gasteiger charge is -2.18. The maximum atomic E-state index is 13.3. The number of carbonyl (C=O) groups is 1. The quantitative estimate of drug-likeness (QED) is 0.905. The van der Waals surface area contributed by atoms with Crippen LogP contribution in [0.5, 0.6) is 11.6 Å². The summed E-state index contributed by atoms with van der Waals surface area (Å²) in [6.07, 6.45) is -4.65. The second-order valence-corrected chi connectivity index (χ2v) is 6.60. The molecule has 0 aliphatic rings. The molecular weight excluding hydrogens is 335 g/mol. The van der Waals surface area contributed by atoms with Gasteiger partial charge in [-0.05, 0) is 12.1 Å². The van der Waals surface area contributed by atoms with Crippen molar-refractivity contribution in [3.05, 3.63) is 41.6 Å². The molecule has 0 aliphatic heterocycles. The Labute approximate surface area is 143 Å². The first-order valence-corrected chi connectivity index (χ1v) is 7.64. The minimum Gasteiger partial charge on any atom is -0.439 e. The van der Waals surface area contributed by atoms with Gasteiger partial charge in [0.05, 0.1) is 12.1 Å². The van der Waals surface area contributed by atoms with Crippen molar-refractivity contribution >= 4 is 5.91 Å². The van der Waals surface area contributed by atoms with Gasteiger partial charge in [0.25, 0.3) is 0 Å². The Balaban J connectivity index is 2.38. The number of halogens is 3. The Morgan fingerprint density at radius 3 is 2.32 bits per heavy atom. The molecule has 1 aromatic carbocycles. The van der Waals surface area contributed by atoms with Crippen LogP contribution in [0.25, 0.3) is 0 Å². The van der Waals surface area contributed by atoms with Gasteiger partial charge in [-0.3, -0.25) is 4.79 Å². The van der Waals surface area contributed by atoms with Crippen LogP contribution < -0.4 is 10.1 Å². The Bertz CT molecular complexity index is 747. The van der Waals surface area contributed by atoms with Gasteiger partial charge in [0.15, 0.2) is 5.69 Å². The molecule has 0 bridgehead atoms. The van der Waals surface area contributed by atoms with Gasteiger partial charge < -0.3 is 10.1 Å². The molecule has 0 spiro atoms. The number of ether oxygens (including phenoxy) is 1. The van der Waals surface area contributed by atoms with Crippen LogP contribution in [0.3, 0.4) is 0 Å². The van der Waals surface area contributed by atoms with Crippen molar-refractivity contribution in [2.24, 2.45) is 12.5 Å². The highest BCUT2D eigenvalue weighted by molar-refractivity contribution is 5.81. The molecule has 2 aromatic rings. The number of nitrogens with one attached hydrogen (secondary N) is 1. The highest BCUT2D eigenvalue weighted by Gasteiger charge is 2.39. The lowest BCUT2D eigenvalue weighted by molar-refractivity contribution is -0.142. The number of alkyl halides is 3. The summed E-state index contributed by atoms with van der Waals surface area (Å²) in [5.74, 6) is -0.0505. The zero-order chi connectivity index (χ0) is 18.8. The molecule has 0 aliphatic carbocycles. The fourth-order valence-corrected chi connectivity index (χ4v) is 2.10. The third kappa shape index (κ3) is 4.52. The summed E-state index contributed by atoms with van der Waals surface area (Å²) in [5.41, 5.74) is -2.01. The zero-order valence-corrected chi connectivity index (χ0v) is 14.4. The molecule has 1 amide bonds. The van der Waals surface area contributed by atoms with Crippen molar-refractivity contribution in [2.75, 3.05) is 0 Å². The van der Waals surface area contributed by atoms with E-state index in [-0.39, 0.29) is 23.9 Å². The molecular formula is C17H20F3N3O2. The van der Waals surface area contributed by atoms with Gasteiger partial charge in [-0.2, -0.15) is 18.3 Å². The van der Waals surface area contributed by atoms with E-state index in [9.17, 15) is 18.0 Å². The summed E-state index contributed by atoms with van der Waals surface area (Å²) in [5, 5.41) is 6.05. The molecule has 0 atom stereocenters. The van der Waals surface area contributed by atoms with E-state index in [0.29, 0.717) is 5.75 Å². The predicted molar refractivity (Wildman–Crippen MR) is 86.0 cm³/mol. The highest BCUT2D eigenvalue weighted by atomic mass is 19.4. The van der Waals surface area contributed by atoms with Gasteiger partial charge in [0.1, 0.15) is 5.75 Å². The number of rotatable bonds is 4. The van der Waals surface area contributed by atoms with Gasteiger partial charge in [-0.25, -0.2) is 4.68 Å². The van der Waals surface area contributed by atoms with Crippen LogP contribution in [0.15, 0.2) is 30.3 Å². The number of hydrogen-bond acceptors (Lipinski definition) is 3. The topological polar surface area (TPSA) is 56.2 Å².